The van der Waals surface area contributed by atoms with Crippen LogP contribution in [0.1, 0.15) is 49.8 Å². The Morgan fingerprint density at radius 1 is 0.970 bits per heavy atom. The Hall–Kier alpha value is -1.54. The van der Waals surface area contributed by atoms with Crippen LogP contribution in [0.2, 0.25) is 0 Å². The molecule has 2 aromatic rings. The molecule has 1 aliphatic rings. The van der Waals surface area contributed by atoms with E-state index in [1.165, 1.54) is 6.42 Å². The Morgan fingerprint density at radius 3 is 2.15 bits per heavy atom. The second kappa shape index (κ2) is 12.8. The van der Waals surface area contributed by atoms with Gasteiger partial charge in [0.25, 0.3) is 0 Å². The summed E-state index contributed by atoms with van der Waals surface area (Å²) in [6.45, 7) is 2.62. The van der Waals surface area contributed by atoms with Gasteiger partial charge in [0.05, 0.1) is 38.1 Å². The molecule has 0 amide bonds. The Morgan fingerprint density at radius 2 is 1.61 bits per heavy atom. The van der Waals surface area contributed by atoms with Gasteiger partial charge in [-0.05, 0) is 54.0 Å². The van der Waals surface area contributed by atoms with E-state index in [1.807, 2.05) is 66.0 Å². The van der Waals surface area contributed by atoms with Crippen LogP contribution >= 0.6 is 23.5 Å². The molecule has 0 aliphatic carbocycles. The second-order valence-corrected chi connectivity index (χ2v) is 11.4. The average molecular weight is 493 g/mol. The predicted octanol–water partition coefficient (Wildman–Crippen LogP) is 6.09. The summed E-state index contributed by atoms with van der Waals surface area (Å²) in [4.78, 5) is 0. The van der Waals surface area contributed by atoms with Gasteiger partial charge < -0.3 is 24.1 Å². The van der Waals surface area contributed by atoms with Gasteiger partial charge in [-0.2, -0.15) is 0 Å². The van der Waals surface area contributed by atoms with Crippen LogP contribution in [0.4, 0.5) is 0 Å². The Kier molecular flexibility index (Phi) is 10.1. The number of rotatable bonds is 12. The van der Waals surface area contributed by atoms with Crippen LogP contribution in [-0.4, -0.2) is 48.1 Å². The van der Waals surface area contributed by atoms with E-state index in [2.05, 4.69) is 6.92 Å². The van der Waals surface area contributed by atoms with Crippen LogP contribution in [0.15, 0.2) is 42.5 Å². The molecule has 1 saturated heterocycles. The standard InChI is InChI=1S/C26H36O5S2/c1-5-12-26(32-13-9-14-33-26)17-21(27)24(31-18-19-10-7-6-8-11-19)20-15-22(28-2)25(30-4)23(16-20)29-3/h6-8,10-11,15-16,21,24,27H,5,9,12-14,17-18H2,1-4H3/t21-,24+/m1/s1. The van der Waals surface area contributed by atoms with Gasteiger partial charge in [-0.1, -0.05) is 43.7 Å². The van der Waals surface area contributed by atoms with Crippen molar-refractivity contribution in [2.45, 2.75) is 55.5 Å². The first-order valence-electron chi connectivity index (χ1n) is 11.5. The minimum absolute atomic E-state index is 0.0153. The highest BCUT2D eigenvalue weighted by atomic mass is 32.2. The number of aliphatic hydroxyl groups excluding tert-OH is 1. The first kappa shape index (κ1) is 26.1. The van der Waals surface area contributed by atoms with E-state index in [0.29, 0.717) is 30.3 Å². The van der Waals surface area contributed by atoms with E-state index < -0.39 is 12.2 Å². The molecule has 0 bridgehead atoms. The maximum absolute atomic E-state index is 11.6. The predicted molar refractivity (Wildman–Crippen MR) is 138 cm³/mol. The van der Waals surface area contributed by atoms with E-state index >= 15 is 0 Å². The van der Waals surface area contributed by atoms with E-state index in [1.54, 1.807) is 21.3 Å². The summed E-state index contributed by atoms with van der Waals surface area (Å²) in [5.74, 6) is 3.91. The number of hydrogen-bond donors (Lipinski definition) is 1. The fourth-order valence-electron chi connectivity index (χ4n) is 4.24. The lowest BCUT2D eigenvalue weighted by atomic mass is 9.97. The topological polar surface area (TPSA) is 57.2 Å². The number of aliphatic hydroxyl groups is 1. The molecule has 0 aromatic heterocycles. The van der Waals surface area contributed by atoms with Gasteiger partial charge in [-0.15, -0.1) is 23.5 Å². The van der Waals surface area contributed by atoms with Crippen LogP contribution in [0, 0.1) is 0 Å². The zero-order valence-electron chi connectivity index (χ0n) is 20.0. The SMILES string of the molecule is CCCC1(C[C@@H](O)[C@@H](OCc2ccccc2)c2cc(OC)c(OC)c(OC)c2)SCCCS1. The van der Waals surface area contributed by atoms with Gasteiger partial charge in [-0.25, -0.2) is 0 Å². The molecule has 1 N–H and O–H groups in total. The first-order chi connectivity index (χ1) is 16.1. The van der Waals surface area contributed by atoms with Crippen molar-refractivity contribution in [1.82, 2.24) is 0 Å². The monoisotopic (exact) mass is 492 g/mol. The van der Waals surface area contributed by atoms with Gasteiger partial charge >= 0.3 is 0 Å². The van der Waals surface area contributed by atoms with E-state index in [0.717, 1.165) is 35.5 Å². The van der Waals surface area contributed by atoms with Crippen molar-refractivity contribution in [1.29, 1.82) is 0 Å². The van der Waals surface area contributed by atoms with Crippen LogP contribution in [0.25, 0.3) is 0 Å². The van der Waals surface area contributed by atoms with Crippen LogP contribution < -0.4 is 14.2 Å². The molecule has 5 nitrogen and oxygen atoms in total. The molecule has 1 fully saturated rings. The number of ether oxygens (including phenoxy) is 4. The third kappa shape index (κ3) is 6.75. The molecule has 1 heterocycles. The molecule has 33 heavy (non-hydrogen) atoms. The smallest absolute Gasteiger partial charge is 0.203 e. The molecule has 0 saturated carbocycles. The Labute approximate surface area is 206 Å². The molecule has 0 unspecified atom stereocenters. The summed E-state index contributed by atoms with van der Waals surface area (Å²) in [7, 11) is 4.79. The first-order valence-corrected chi connectivity index (χ1v) is 13.4. The summed E-state index contributed by atoms with van der Waals surface area (Å²) in [6, 6.07) is 13.8. The summed E-state index contributed by atoms with van der Waals surface area (Å²) < 4.78 is 23.0. The fraction of sp³-hybridized carbons (Fsp3) is 0.538. The van der Waals surface area contributed by atoms with Gasteiger partial charge in [-0.3, -0.25) is 0 Å². The lowest BCUT2D eigenvalue weighted by Gasteiger charge is -2.39. The lowest BCUT2D eigenvalue weighted by Crippen LogP contribution is -2.34. The minimum atomic E-state index is -0.679. The van der Waals surface area contributed by atoms with Gasteiger partial charge in [0, 0.05) is 0 Å². The van der Waals surface area contributed by atoms with E-state index in [9.17, 15) is 5.11 Å². The molecule has 182 valence electrons. The summed E-state index contributed by atoms with van der Waals surface area (Å²) in [5.41, 5.74) is 1.87. The highest BCUT2D eigenvalue weighted by Gasteiger charge is 2.38. The summed E-state index contributed by atoms with van der Waals surface area (Å²) in [6.07, 6.45) is 2.83. The second-order valence-electron chi connectivity index (χ2n) is 8.16. The molecule has 0 radical (unpaired) electrons. The van der Waals surface area contributed by atoms with E-state index in [4.69, 9.17) is 18.9 Å². The molecule has 2 atom stereocenters. The lowest BCUT2D eigenvalue weighted by molar-refractivity contribution is -0.0522. The summed E-state index contributed by atoms with van der Waals surface area (Å²) in [5, 5.41) is 11.6. The third-order valence-corrected chi connectivity index (χ3v) is 9.29. The Bertz CT molecular complexity index is 825. The molecular formula is C26H36O5S2. The maximum Gasteiger partial charge on any atom is 0.203 e. The molecule has 2 aromatic carbocycles. The largest absolute Gasteiger partial charge is 0.493 e. The fourth-order valence-corrected chi connectivity index (χ4v) is 7.85. The van der Waals surface area contributed by atoms with Gasteiger partial charge in [0.15, 0.2) is 11.5 Å². The number of benzene rings is 2. The van der Waals surface area contributed by atoms with Gasteiger partial charge in [0.2, 0.25) is 5.75 Å². The van der Waals surface area contributed by atoms with Gasteiger partial charge in [0.1, 0.15) is 6.10 Å². The van der Waals surface area contributed by atoms with Crippen molar-refractivity contribution in [3.8, 4) is 17.2 Å². The minimum Gasteiger partial charge on any atom is -0.493 e. The summed E-state index contributed by atoms with van der Waals surface area (Å²) >= 11 is 3.98. The van der Waals surface area contributed by atoms with Crippen molar-refractivity contribution in [2.24, 2.45) is 0 Å². The molecule has 3 rings (SSSR count). The van der Waals surface area contributed by atoms with E-state index in [-0.39, 0.29) is 4.08 Å². The van der Waals surface area contributed by atoms with Crippen molar-refractivity contribution in [2.75, 3.05) is 32.8 Å². The molecule has 1 aliphatic heterocycles. The van der Waals surface area contributed by atoms with Crippen molar-refractivity contribution < 1.29 is 24.1 Å². The number of hydrogen-bond acceptors (Lipinski definition) is 7. The maximum atomic E-state index is 11.6. The number of methoxy groups -OCH3 is 3. The average Bonchev–Trinajstić information content (AvgIpc) is 2.84. The van der Waals surface area contributed by atoms with Crippen molar-refractivity contribution in [3.05, 3.63) is 53.6 Å². The molecule has 0 spiro atoms. The highest BCUT2D eigenvalue weighted by Crippen LogP contribution is 2.50. The molecule has 7 heteroatoms. The zero-order valence-corrected chi connectivity index (χ0v) is 21.7. The van der Waals surface area contributed by atoms with Crippen LogP contribution in [0.5, 0.6) is 17.2 Å². The quantitative estimate of drug-likeness (QED) is 0.385. The van der Waals surface area contributed by atoms with Crippen molar-refractivity contribution in [3.63, 3.8) is 0 Å². The van der Waals surface area contributed by atoms with Crippen LogP contribution in [-0.2, 0) is 11.3 Å². The number of thioether (sulfide) groups is 2. The van der Waals surface area contributed by atoms with Crippen LogP contribution in [0.3, 0.4) is 0 Å². The third-order valence-electron chi connectivity index (χ3n) is 5.81. The zero-order chi connectivity index (χ0) is 23.7. The Balaban J connectivity index is 1.93. The molecular weight excluding hydrogens is 456 g/mol. The van der Waals surface area contributed by atoms with Crippen molar-refractivity contribution >= 4 is 23.5 Å². The normalized spacial score (nSPS) is 17.2. The highest BCUT2D eigenvalue weighted by molar-refractivity contribution is 8.18.